The highest BCUT2D eigenvalue weighted by Crippen LogP contribution is 2.11. The van der Waals surface area contributed by atoms with Crippen LogP contribution in [0.15, 0.2) is 12.7 Å². The average molecular weight is 228 g/mol. The molecule has 1 unspecified atom stereocenters. The van der Waals surface area contributed by atoms with E-state index in [1.54, 1.807) is 6.08 Å². The molecular weight excluding hydrogens is 204 g/mol. The quantitative estimate of drug-likeness (QED) is 0.339. The van der Waals surface area contributed by atoms with Crippen molar-refractivity contribution in [2.75, 3.05) is 7.11 Å². The Balaban J connectivity index is 3.48. The molecule has 0 saturated carbocycles. The fraction of sp³-hybridized carbons (Fsp3) is 0.769. The van der Waals surface area contributed by atoms with Gasteiger partial charge in [0.1, 0.15) is 6.10 Å². The van der Waals surface area contributed by atoms with E-state index in [0.29, 0.717) is 0 Å². The predicted molar refractivity (Wildman–Crippen MR) is 65.5 cm³/mol. The highest BCUT2D eigenvalue weighted by atomic mass is 16.7. The summed E-state index contributed by atoms with van der Waals surface area (Å²) in [6, 6.07) is 0. The third kappa shape index (κ3) is 8.33. The highest BCUT2D eigenvalue weighted by Gasteiger charge is 2.10. The number of rotatable bonds is 9. The topological polar surface area (TPSA) is 35.5 Å². The summed E-state index contributed by atoms with van der Waals surface area (Å²) in [5.41, 5.74) is 0. The normalized spacial score (nSPS) is 11.9. The summed E-state index contributed by atoms with van der Waals surface area (Å²) in [5, 5.41) is 0. The van der Waals surface area contributed by atoms with Crippen molar-refractivity contribution < 1.29 is 14.3 Å². The summed E-state index contributed by atoms with van der Waals surface area (Å²) in [4.78, 5) is 10.9. The van der Waals surface area contributed by atoms with Crippen LogP contribution in [-0.4, -0.2) is 19.4 Å². The molecule has 0 saturated heterocycles. The van der Waals surface area contributed by atoms with Crippen LogP contribution in [0, 0.1) is 0 Å². The van der Waals surface area contributed by atoms with Crippen molar-refractivity contribution in [3.63, 3.8) is 0 Å². The van der Waals surface area contributed by atoms with E-state index < -0.39 is 6.16 Å². The molecule has 0 aromatic carbocycles. The van der Waals surface area contributed by atoms with E-state index in [9.17, 15) is 4.79 Å². The van der Waals surface area contributed by atoms with E-state index in [1.807, 2.05) is 0 Å². The molecule has 3 nitrogen and oxygen atoms in total. The van der Waals surface area contributed by atoms with Crippen LogP contribution in [0.3, 0.4) is 0 Å². The molecule has 0 radical (unpaired) electrons. The zero-order valence-corrected chi connectivity index (χ0v) is 10.5. The Morgan fingerprint density at radius 3 is 2.44 bits per heavy atom. The van der Waals surface area contributed by atoms with E-state index in [1.165, 1.54) is 39.2 Å². The van der Waals surface area contributed by atoms with Crippen LogP contribution in [-0.2, 0) is 9.47 Å². The second-order valence-corrected chi connectivity index (χ2v) is 3.90. The molecule has 0 heterocycles. The van der Waals surface area contributed by atoms with Crippen molar-refractivity contribution >= 4 is 6.16 Å². The molecule has 1 atom stereocenters. The van der Waals surface area contributed by atoms with Crippen LogP contribution in [0.2, 0.25) is 0 Å². The van der Waals surface area contributed by atoms with Gasteiger partial charge in [0.25, 0.3) is 0 Å². The number of hydrogen-bond donors (Lipinski definition) is 0. The summed E-state index contributed by atoms with van der Waals surface area (Å²) < 4.78 is 9.43. The SMILES string of the molecule is C=CC(CCCCCCCC)OC(=O)OC. The van der Waals surface area contributed by atoms with Crippen LogP contribution in [0.4, 0.5) is 4.79 Å². The number of carbonyl (C=O) groups excluding carboxylic acids is 1. The average Bonchev–Trinajstić information content (AvgIpc) is 2.31. The van der Waals surface area contributed by atoms with Gasteiger partial charge in [0.15, 0.2) is 0 Å². The second-order valence-electron chi connectivity index (χ2n) is 3.90. The van der Waals surface area contributed by atoms with Crippen molar-refractivity contribution in [2.45, 2.75) is 58.0 Å². The van der Waals surface area contributed by atoms with Gasteiger partial charge in [0.2, 0.25) is 0 Å². The number of methoxy groups -OCH3 is 1. The maximum absolute atomic E-state index is 10.9. The lowest BCUT2D eigenvalue weighted by Gasteiger charge is -2.12. The molecule has 0 fully saturated rings. The lowest BCUT2D eigenvalue weighted by molar-refractivity contribution is 0.0493. The van der Waals surface area contributed by atoms with Crippen molar-refractivity contribution in [2.24, 2.45) is 0 Å². The van der Waals surface area contributed by atoms with Crippen LogP contribution < -0.4 is 0 Å². The second kappa shape index (κ2) is 10.5. The molecule has 0 amide bonds. The molecule has 0 aliphatic carbocycles. The van der Waals surface area contributed by atoms with Crippen LogP contribution in [0.1, 0.15) is 51.9 Å². The molecule has 0 spiro atoms. The first-order valence-corrected chi connectivity index (χ1v) is 6.11. The number of hydrogen-bond acceptors (Lipinski definition) is 3. The van der Waals surface area contributed by atoms with Gasteiger partial charge in [0.05, 0.1) is 7.11 Å². The Morgan fingerprint density at radius 2 is 1.88 bits per heavy atom. The Labute approximate surface area is 98.8 Å². The largest absolute Gasteiger partial charge is 0.508 e. The minimum atomic E-state index is -0.629. The maximum atomic E-state index is 10.9. The lowest BCUT2D eigenvalue weighted by Crippen LogP contribution is -2.15. The van der Waals surface area contributed by atoms with Crippen molar-refractivity contribution in [3.8, 4) is 0 Å². The Bertz CT molecular complexity index is 190. The smallest absolute Gasteiger partial charge is 0.438 e. The third-order valence-corrected chi connectivity index (χ3v) is 2.52. The summed E-state index contributed by atoms with van der Waals surface area (Å²) in [6.07, 6.45) is 9.04. The van der Waals surface area contributed by atoms with Gasteiger partial charge in [-0.25, -0.2) is 4.79 Å². The van der Waals surface area contributed by atoms with Crippen molar-refractivity contribution in [1.82, 2.24) is 0 Å². The first-order chi connectivity index (χ1) is 7.74. The molecule has 0 bridgehead atoms. The van der Waals surface area contributed by atoms with Gasteiger partial charge >= 0.3 is 6.16 Å². The third-order valence-electron chi connectivity index (χ3n) is 2.52. The van der Waals surface area contributed by atoms with E-state index >= 15 is 0 Å². The molecule has 16 heavy (non-hydrogen) atoms. The highest BCUT2D eigenvalue weighted by molar-refractivity contribution is 5.60. The monoisotopic (exact) mass is 228 g/mol. The van der Waals surface area contributed by atoms with Gasteiger partial charge in [-0.1, -0.05) is 51.7 Å². The molecule has 0 aliphatic heterocycles. The minimum Gasteiger partial charge on any atom is -0.438 e. The fourth-order valence-corrected chi connectivity index (χ4v) is 1.52. The predicted octanol–water partition coefficient (Wildman–Crippen LogP) is 4.07. The van der Waals surface area contributed by atoms with Crippen LogP contribution >= 0.6 is 0 Å². The minimum absolute atomic E-state index is 0.210. The standard InChI is InChI=1S/C13H24O3/c1-4-6-7-8-9-10-11-12(5-2)16-13(14)15-3/h5,12H,2,4,6-11H2,1,3H3. The van der Waals surface area contributed by atoms with E-state index in [0.717, 1.165) is 12.8 Å². The van der Waals surface area contributed by atoms with Crippen molar-refractivity contribution in [1.29, 1.82) is 0 Å². The maximum Gasteiger partial charge on any atom is 0.508 e. The zero-order chi connectivity index (χ0) is 12.2. The van der Waals surface area contributed by atoms with Crippen LogP contribution in [0.5, 0.6) is 0 Å². The summed E-state index contributed by atoms with van der Waals surface area (Å²) >= 11 is 0. The van der Waals surface area contributed by atoms with Gasteiger partial charge in [-0.2, -0.15) is 0 Å². The molecule has 0 aromatic heterocycles. The zero-order valence-electron chi connectivity index (χ0n) is 10.5. The van der Waals surface area contributed by atoms with Gasteiger partial charge in [0, 0.05) is 0 Å². The number of unbranched alkanes of at least 4 members (excludes halogenated alkanes) is 5. The Morgan fingerprint density at radius 1 is 1.25 bits per heavy atom. The molecule has 0 rings (SSSR count). The van der Waals surface area contributed by atoms with Gasteiger partial charge in [-0.15, -0.1) is 0 Å². The summed E-state index contributed by atoms with van der Waals surface area (Å²) in [5.74, 6) is 0. The lowest BCUT2D eigenvalue weighted by atomic mass is 10.1. The van der Waals surface area contributed by atoms with Gasteiger partial charge in [-0.05, 0) is 12.8 Å². The number of ether oxygens (including phenoxy) is 2. The fourth-order valence-electron chi connectivity index (χ4n) is 1.52. The Hall–Kier alpha value is -0.990. The molecule has 3 heteroatoms. The molecule has 94 valence electrons. The van der Waals surface area contributed by atoms with Gasteiger partial charge in [-0.3, -0.25) is 0 Å². The van der Waals surface area contributed by atoms with Gasteiger partial charge < -0.3 is 9.47 Å². The summed E-state index contributed by atoms with van der Waals surface area (Å²) in [7, 11) is 1.31. The molecular formula is C13H24O3. The van der Waals surface area contributed by atoms with E-state index in [4.69, 9.17) is 4.74 Å². The number of carbonyl (C=O) groups is 1. The Kier molecular flexibility index (Phi) is 9.87. The van der Waals surface area contributed by atoms with Crippen LogP contribution in [0.25, 0.3) is 0 Å². The summed E-state index contributed by atoms with van der Waals surface area (Å²) in [6.45, 7) is 5.85. The molecule has 0 N–H and O–H groups in total. The first kappa shape index (κ1) is 15.0. The molecule has 0 aromatic rings. The first-order valence-electron chi connectivity index (χ1n) is 6.11. The van der Waals surface area contributed by atoms with E-state index in [-0.39, 0.29) is 6.10 Å². The van der Waals surface area contributed by atoms with Crippen molar-refractivity contribution in [3.05, 3.63) is 12.7 Å². The van der Waals surface area contributed by atoms with E-state index in [2.05, 4.69) is 18.2 Å². The molecule has 0 aliphatic rings.